The zero-order chi connectivity index (χ0) is 16.6. The molecule has 0 spiro atoms. The maximum absolute atomic E-state index is 13.2. The van der Waals surface area contributed by atoms with Crippen LogP contribution in [0.3, 0.4) is 0 Å². The van der Waals surface area contributed by atoms with Gasteiger partial charge in [-0.15, -0.1) is 0 Å². The number of halogens is 2. The Kier molecular flexibility index (Phi) is 4.32. The monoisotopic (exact) mass is 394 g/mol. The van der Waals surface area contributed by atoms with Gasteiger partial charge in [-0.25, -0.2) is 9.37 Å². The topological polar surface area (TPSA) is 51.2 Å². The Balaban J connectivity index is 1.94. The lowest BCUT2D eigenvalue weighted by molar-refractivity contribution is 0.102. The molecule has 0 aliphatic rings. The number of aromatic nitrogens is 1. The smallest absolute Gasteiger partial charge is 0.261 e. The minimum absolute atomic E-state index is 0.328. The number of aryl methyl sites for hydroxylation is 1. The molecule has 0 unspecified atom stereocenters. The lowest BCUT2D eigenvalue weighted by Crippen LogP contribution is -2.13. The van der Waals surface area contributed by atoms with Gasteiger partial charge in [0.25, 0.3) is 5.91 Å². The molecule has 0 bridgehead atoms. The summed E-state index contributed by atoms with van der Waals surface area (Å²) < 4.78 is 20.0. The second kappa shape index (κ2) is 6.25. The molecule has 0 saturated carbocycles. The molecule has 0 fully saturated rings. The first-order valence-corrected chi connectivity index (χ1v) is 8.30. The van der Waals surface area contributed by atoms with Crippen LogP contribution < -0.4 is 10.1 Å². The van der Waals surface area contributed by atoms with Gasteiger partial charge in [0.2, 0.25) is 0 Å². The van der Waals surface area contributed by atoms with E-state index in [2.05, 4.69) is 26.2 Å². The first-order chi connectivity index (χ1) is 11.0. The van der Waals surface area contributed by atoms with Crippen molar-refractivity contribution < 1.29 is 13.9 Å². The van der Waals surface area contributed by atoms with E-state index < -0.39 is 0 Å². The highest BCUT2D eigenvalue weighted by Crippen LogP contribution is 2.30. The van der Waals surface area contributed by atoms with Gasteiger partial charge in [0.05, 0.1) is 22.9 Å². The minimum atomic E-state index is -0.330. The number of nitrogens with zero attached hydrogens (tertiary/aromatic N) is 1. The molecule has 0 radical (unpaired) electrons. The Hall–Kier alpha value is -1.99. The number of hydrogen-bond donors (Lipinski definition) is 1. The number of benzene rings is 2. The Morgan fingerprint density at radius 1 is 1.35 bits per heavy atom. The maximum Gasteiger partial charge on any atom is 0.261 e. The first kappa shape index (κ1) is 15.9. The van der Waals surface area contributed by atoms with Crippen molar-refractivity contribution in [2.24, 2.45) is 0 Å². The van der Waals surface area contributed by atoms with Crippen LogP contribution in [0.25, 0.3) is 10.2 Å². The predicted molar refractivity (Wildman–Crippen MR) is 93.0 cm³/mol. The average molecular weight is 395 g/mol. The van der Waals surface area contributed by atoms with Crippen LogP contribution in [0, 0.1) is 12.7 Å². The summed E-state index contributed by atoms with van der Waals surface area (Å²) in [5.74, 6) is -0.146. The molecule has 1 aromatic heterocycles. The third-order valence-corrected chi connectivity index (χ3v) is 4.65. The Bertz CT molecular complexity index is 910. The van der Waals surface area contributed by atoms with Crippen molar-refractivity contribution in [1.82, 2.24) is 4.98 Å². The number of methoxy groups -OCH3 is 1. The maximum atomic E-state index is 13.2. The number of ether oxygens (including phenoxy) is 1. The molecule has 118 valence electrons. The van der Waals surface area contributed by atoms with Crippen LogP contribution >= 0.6 is 27.3 Å². The molecule has 7 heteroatoms. The van der Waals surface area contributed by atoms with Crippen LogP contribution in [0.5, 0.6) is 5.75 Å². The van der Waals surface area contributed by atoms with Crippen molar-refractivity contribution >= 4 is 48.5 Å². The van der Waals surface area contributed by atoms with Crippen molar-refractivity contribution in [3.63, 3.8) is 0 Å². The summed E-state index contributed by atoms with van der Waals surface area (Å²) in [4.78, 5) is 16.8. The van der Waals surface area contributed by atoms with E-state index in [0.717, 1.165) is 10.0 Å². The highest BCUT2D eigenvalue weighted by molar-refractivity contribution is 9.10. The largest absolute Gasteiger partial charge is 0.496 e. The van der Waals surface area contributed by atoms with Crippen molar-refractivity contribution in [3.05, 3.63) is 51.7 Å². The van der Waals surface area contributed by atoms with Gasteiger partial charge in [0.1, 0.15) is 11.6 Å². The van der Waals surface area contributed by atoms with E-state index in [1.165, 1.54) is 30.6 Å². The molecule has 1 N–H and O–H groups in total. The normalized spacial score (nSPS) is 10.8. The van der Waals surface area contributed by atoms with Crippen molar-refractivity contribution in [3.8, 4) is 5.75 Å². The second-order valence-electron chi connectivity index (χ2n) is 4.89. The lowest BCUT2D eigenvalue weighted by atomic mass is 10.1. The first-order valence-electron chi connectivity index (χ1n) is 6.69. The third kappa shape index (κ3) is 3.20. The number of thiazole rings is 1. The molecule has 3 rings (SSSR count). The summed E-state index contributed by atoms with van der Waals surface area (Å²) in [6, 6.07) is 7.88. The number of rotatable bonds is 3. The fraction of sp³-hybridized carbons (Fsp3) is 0.125. The van der Waals surface area contributed by atoms with E-state index in [-0.39, 0.29) is 11.7 Å². The Morgan fingerprint density at radius 2 is 2.13 bits per heavy atom. The Labute approximate surface area is 144 Å². The van der Waals surface area contributed by atoms with Crippen LogP contribution in [0.1, 0.15) is 15.9 Å². The van der Waals surface area contributed by atoms with Gasteiger partial charge < -0.3 is 4.74 Å². The lowest BCUT2D eigenvalue weighted by Gasteiger charge is -2.11. The quantitative estimate of drug-likeness (QED) is 0.695. The number of amides is 1. The van der Waals surface area contributed by atoms with Gasteiger partial charge in [0, 0.05) is 4.47 Å². The summed E-state index contributed by atoms with van der Waals surface area (Å²) in [6.07, 6.45) is 0. The van der Waals surface area contributed by atoms with Gasteiger partial charge in [-0.1, -0.05) is 27.3 Å². The van der Waals surface area contributed by atoms with E-state index >= 15 is 0 Å². The standard InChI is InChI=1S/C16H12BrFN2O2S/c1-8-5-9(17)6-11(14(8)22-2)15(21)20-16-19-12-4-3-10(18)7-13(12)23-16/h3-7H,1-2H3,(H,19,20,21). The molecule has 2 aromatic carbocycles. The van der Waals surface area contributed by atoms with E-state index in [1.807, 2.05) is 13.0 Å². The van der Waals surface area contributed by atoms with Crippen LogP contribution in [-0.2, 0) is 0 Å². The van der Waals surface area contributed by atoms with Crippen molar-refractivity contribution in [1.29, 1.82) is 0 Å². The zero-order valence-corrected chi connectivity index (χ0v) is 14.7. The van der Waals surface area contributed by atoms with E-state index in [9.17, 15) is 9.18 Å². The van der Waals surface area contributed by atoms with Gasteiger partial charge in [-0.3, -0.25) is 10.1 Å². The molecule has 4 nitrogen and oxygen atoms in total. The molecule has 1 heterocycles. The number of hydrogen-bond acceptors (Lipinski definition) is 4. The summed E-state index contributed by atoms with van der Waals surface area (Å²) in [5.41, 5.74) is 1.90. The van der Waals surface area contributed by atoms with Crippen LogP contribution in [0.15, 0.2) is 34.8 Å². The van der Waals surface area contributed by atoms with Crippen molar-refractivity contribution in [2.75, 3.05) is 12.4 Å². The fourth-order valence-electron chi connectivity index (χ4n) is 2.29. The van der Waals surface area contributed by atoms with Crippen LogP contribution in [0.4, 0.5) is 9.52 Å². The SMILES string of the molecule is COc1c(C)cc(Br)cc1C(=O)Nc1nc2ccc(F)cc2s1. The Morgan fingerprint density at radius 3 is 2.87 bits per heavy atom. The van der Waals surface area contributed by atoms with E-state index in [0.29, 0.717) is 26.7 Å². The summed E-state index contributed by atoms with van der Waals surface area (Å²) in [6.45, 7) is 1.86. The molecule has 0 aliphatic heterocycles. The second-order valence-corrected chi connectivity index (χ2v) is 6.84. The molecular weight excluding hydrogens is 383 g/mol. The van der Waals surface area contributed by atoms with Crippen molar-refractivity contribution in [2.45, 2.75) is 6.92 Å². The molecule has 1 amide bonds. The van der Waals surface area contributed by atoms with Gasteiger partial charge in [-0.2, -0.15) is 0 Å². The summed E-state index contributed by atoms with van der Waals surface area (Å²) in [5, 5.41) is 3.15. The van der Waals surface area contributed by atoms with Gasteiger partial charge in [-0.05, 0) is 42.8 Å². The van der Waals surface area contributed by atoms with Crippen LogP contribution in [-0.4, -0.2) is 18.0 Å². The van der Waals surface area contributed by atoms with E-state index in [1.54, 1.807) is 12.1 Å². The van der Waals surface area contributed by atoms with E-state index in [4.69, 9.17) is 4.74 Å². The number of anilines is 1. The molecule has 0 aliphatic carbocycles. The minimum Gasteiger partial charge on any atom is -0.496 e. The highest BCUT2D eigenvalue weighted by Gasteiger charge is 2.17. The molecule has 3 aromatic rings. The molecular formula is C16H12BrFN2O2S. The number of fused-ring (bicyclic) bond motifs is 1. The number of nitrogens with one attached hydrogen (secondary N) is 1. The van der Waals surface area contributed by atoms with Gasteiger partial charge >= 0.3 is 0 Å². The zero-order valence-electron chi connectivity index (χ0n) is 12.3. The van der Waals surface area contributed by atoms with Crippen LogP contribution in [0.2, 0.25) is 0 Å². The summed E-state index contributed by atoms with van der Waals surface area (Å²) in [7, 11) is 1.52. The molecule has 0 saturated heterocycles. The number of carbonyl (C=O) groups is 1. The molecule has 0 atom stereocenters. The highest BCUT2D eigenvalue weighted by atomic mass is 79.9. The fourth-order valence-corrected chi connectivity index (χ4v) is 3.74. The summed E-state index contributed by atoms with van der Waals surface area (Å²) >= 11 is 4.60. The molecule has 23 heavy (non-hydrogen) atoms. The predicted octanol–water partition coefficient (Wildman–Crippen LogP) is 4.77. The average Bonchev–Trinajstić information content (AvgIpc) is 2.87. The van der Waals surface area contributed by atoms with Gasteiger partial charge in [0.15, 0.2) is 5.13 Å². The number of carbonyl (C=O) groups excluding carboxylic acids is 1. The third-order valence-electron chi connectivity index (χ3n) is 3.26.